The van der Waals surface area contributed by atoms with E-state index < -0.39 is 5.60 Å². The molecule has 1 aromatic carbocycles. The standard InChI is InChI=1S/C16H21NO2S/c18-15(17-11-16(19)7-2-8-16)10-20-14-6-5-12-3-1-4-13(12)9-14/h5-6,9,19H,1-4,7-8,10-11H2,(H,17,18). The van der Waals surface area contributed by atoms with Crippen LogP contribution in [0.4, 0.5) is 0 Å². The molecule has 3 nitrogen and oxygen atoms in total. The van der Waals surface area contributed by atoms with Gasteiger partial charge in [0.15, 0.2) is 0 Å². The molecule has 1 aromatic rings. The van der Waals surface area contributed by atoms with Crippen LogP contribution in [0.15, 0.2) is 23.1 Å². The first-order valence-electron chi connectivity index (χ1n) is 7.38. The Morgan fingerprint density at radius 1 is 1.25 bits per heavy atom. The van der Waals surface area contributed by atoms with Crippen molar-refractivity contribution in [1.29, 1.82) is 0 Å². The Morgan fingerprint density at radius 2 is 2.05 bits per heavy atom. The fourth-order valence-corrected chi connectivity index (χ4v) is 3.65. The molecule has 3 rings (SSSR count). The molecule has 1 fully saturated rings. The maximum absolute atomic E-state index is 11.8. The van der Waals surface area contributed by atoms with Gasteiger partial charge in [0.1, 0.15) is 0 Å². The highest BCUT2D eigenvalue weighted by atomic mass is 32.2. The van der Waals surface area contributed by atoms with Gasteiger partial charge in [0.05, 0.1) is 11.4 Å². The largest absolute Gasteiger partial charge is 0.388 e. The molecule has 0 spiro atoms. The molecular weight excluding hydrogens is 270 g/mol. The van der Waals surface area contributed by atoms with E-state index in [0.717, 1.165) is 19.3 Å². The molecule has 1 amide bonds. The number of thioether (sulfide) groups is 1. The molecule has 2 aliphatic rings. The number of carbonyl (C=O) groups excluding carboxylic acids is 1. The summed E-state index contributed by atoms with van der Waals surface area (Å²) >= 11 is 1.58. The third-order valence-electron chi connectivity index (χ3n) is 4.34. The molecule has 0 radical (unpaired) electrons. The van der Waals surface area contributed by atoms with Crippen LogP contribution in [0.1, 0.15) is 36.8 Å². The smallest absolute Gasteiger partial charge is 0.230 e. The number of rotatable bonds is 5. The molecule has 108 valence electrons. The van der Waals surface area contributed by atoms with Crippen molar-refractivity contribution >= 4 is 17.7 Å². The number of aryl methyl sites for hydroxylation is 2. The van der Waals surface area contributed by atoms with E-state index in [1.54, 1.807) is 11.8 Å². The third-order valence-corrected chi connectivity index (χ3v) is 5.33. The van der Waals surface area contributed by atoms with E-state index in [4.69, 9.17) is 0 Å². The van der Waals surface area contributed by atoms with Crippen LogP contribution in [0.3, 0.4) is 0 Å². The lowest BCUT2D eigenvalue weighted by atomic mass is 9.80. The number of benzene rings is 1. The molecule has 1 saturated carbocycles. The molecule has 0 atom stereocenters. The van der Waals surface area contributed by atoms with Gasteiger partial charge in [-0.2, -0.15) is 0 Å². The summed E-state index contributed by atoms with van der Waals surface area (Å²) in [5, 5.41) is 12.8. The zero-order chi connectivity index (χ0) is 14.0. The van der Waals surface area contributed by atoms with Crippen molar-refractivity contribution in [2.75, 3.05) is 12.3 Å². The predicted molar refractivity (Wildman–Crippen MR) is 81.0 cm³/mol. The average Bonchev–Trinajstić information content (AvgIpc) is 2.88. The van der Waals surface area contributed by atoms with Gasteiger partial charge in [-0.05, 0) is 61.8 Å². The first kappa shape index (κ1) is 14.0. The number of nitrogens with one attached hydrogen (secondary N) is 1. The van der Waals surface area contributed by atoms with E-state index in [1.165, 1.54) is 35.3 Å². The summed E-state index contributed by atoms with van der Waals surface area (Å²) in [6.07, 6.45) is 6.30. The van der Waals surface area contributed by atoms with Crippen molar-refractivity contribution in [3.05, 3.63) is 29.3 Å². The maximum Gasteiger partial charge on any atom is 0.230 e. The molecule has 0 saturated heterocycles. The van der Waals surface area contributed by atoms with E-state index in [0.29, 0.717) is 12.3 Å². The number of fused-ring (bicyclic) bond motifs is 1. The van der Waals surface area contributed by atoms with Crippen molar-refractivity contribution in [1.82, 2.24) is 5.32 Å². The van der Waals surface area contributed by atoms with E-state index in [9.17, 15) is 9.90 Å². The monoisotopic (exact) mass is 291 g/mol. The highest BCUT2D eigenvalue weighted by Gasteiger charge is 2.34. The number of amides is 1. The van der Waals surface area contributed by atoms with Crippen LogP contribution in [0, 0.1) is 0 Å². The van der Waals surface area contributed by atoms with Crippen molar-refractivity contribution in [2.45, 2.75) is 49.0 Å². The third kappa shape index (κ3) is 3.18. The van der Waals surface area contributed by atoms with Crippen molar-refractivity contribution in [2.24, 2.45) is 0 Å². The van der Waals surface area contributed by atoms with Gasteiger partial charge < -0.3 is 10.4 Å². The Labute approximate surface area is 124 Å². The van der Waals surface area contributed by atoms with E-state index in [2.05, 4.69) is 23.5 Å². The van der Waals surface area contributed by atoms with E-state index >= 15 is 0 Å². The lowest BCUT2D eigenvalue weighted by Gasteiger charge is -2.36. The molecule has 0 unspecified atom stereocenters. The normalized spacial score (nSPS) is 19.2. The zero-order valence-electron chi connectivity index (χ0n) is 11.7. The van der Waals surface area contributed by atoms with Gasteiger partial charge in [0.2, 0.25) is 5.91 Å². The summed E-state index contributed by atoms with van der Waals surface area (Å²) in [7, 11) is 0. The maximum atomic E-state index is 11.8. The minimum atomic E-state index is -0.631. The minimum Gasteiger partial charge on any atom is -0.388 e. The Kier molecular flexibility index (Phi) is 4.03. The van der Waals surface area contributed by atoms with Crippen molar-refractivity contribution < 1.29 is 9.90 Å². The quantitative estimate of drug-likeness (QED) is 0.818. The van der Waals surface area contributed by atoms with Crippen LogP contribution >= 0.6 is 11.8 Å². The van der Waals surface area contributed by atoms with Crippen molar-refractivity contribution in [3.8, 4) is 0 Å². The van der Waals surface area contributed by atoms with Gasteiger partial charge in [-0.15, -0.1) is 11.8 Å². The van der Waals surface area contributed by atoms with Crippen molar-refractivity contribution in [3.63, 3.8) is 0 Å². The molecule has 0 aliphatic heterocycles. The Bertz CT molecular complexity index is 511. The SMILES string of the molecule is O=C(CSc1ccc2c(c1)CCC2)NCC1(O)CCC1. The molecule has 4 heteroatoms. The zero-order valence-corrected chi connectivity index (χ0v) is 12.5. The Balaban J connectivity index is 1.45. The lowest BCUT2D eigenvalue weighted by Crippen LogP contribution is -2.48. The number of hydrogen-bond acceptors (Lipinski definition) is 3. The summed E-state index contributed by atoms with van der Waals surface area (Å²) in [5.74, 6) is 0.435. The van der Waals surface area contributed by atoms with Gasteiger partial charge in [0.25, 0.3) is 0 Å². The summed E-state index contributed by atoms with van der Waals surface area (Å²) in [4.78, 5) is 13.0. The van der Waals surface area contributed by atoms with Gasteiger partial charge in [-0.1, -0.05) is 6.07 Å². The molecule has 20 heavy (non-hydrogen) atoms. The Morgan fingerprint density at radius 3 is 2.80 bits per heavy atom. The molecule has 0 aromatic heterocycles. The van der Waals surface area contributed by atoms with Gasteiger partial charge >= 0.3 is 0 Å². The highest BCUT2D eigenvalue weighted by Crippen LogP contribution is 2.31. The van der Waals surface area contributed by atoms with Crippen LogP contribution in [0.2, 0.25) is 0 Å². The predicted octanol–water partition coefficient (Wildman–Crippen LogP) is 2.30. The van der Waals surface area contributed by atoms with Crippen LogP contribution in [-0.2, 0) is 17.6 Å². The highest BCUT2D eigenvalue weighted by molar-refractivity contribution is 8.00. The number of aliphatic hydroxyl groups is 1. The van der Waals surface area contributed by atoms with Crippen LogP contribution in [0.25, 0.3) is 0 Å². The van der Waals surface area contributed by atoms with Gasteiger partial charge in [-0.3, -0.25) is 4.79 Å². The summed E-state index contributed by atoms with van der Waals surface area (Å²) in [6, 6.07) is 6.53. The second kappa shape index (κ2) is 5.78. The number of carbonyl (C=O) groups is 1. The minimum absolute atomic E-state index is 0.0100. The topological polar surface area (TPSA) is 49.3 Å². The Hall–Kier alpha value is -1.00. The molecule has 0 bridgehead atoms. The molecule has 2 N–H and O–H groups in total. The lowest BCUT2D eigenvalue weighted by molar-refractivity contribution is -0.121. The summed E-state index contributed by atoms with van der Waals surface area (Å²) in [6.45, 7) is 0.399. The first-order chi connectivity index (χ1) is 9.65. The molecule has 0 heterocycles. The van der Waals surface area contributed by atoms with Crippen LogP contribution < -0.4 is 5.32 Å². The number of hydrogen-bond donors (Lipinski definition) is 2. The molecule has 2 aliphatic carbocycles. The molecular formula is C16H21NO2S. The summed E-state index contributed by atoms with van der Waals surface area (Å²) in [5.41, 5.74) is 2.28. The first-order valence-corrected chi connectivity index (χ1v) is 8.37. The second-order valence-corrected chi connectivity index (χ2v) is 6.98. The van der Waals surface area contributed by atoms with Crippen LogP contribution in [0.5, 0.6) is 0 Å². The van der Waals surface area contributed by atoms with E-state index in [-0.39, 0.29) is 5.91 Å². The fraction of sp³-hybridized carbons (Fsp3) is 0.562. The second-order valence-electron chi connectivity index (χ2n) is 5.93. The van der Waals surface area contributed by atoms with Crippen LogP contribution in [-0.4, -0.2) is 28.9 Å². The summed E-state index contributed by atoms with van der Waals surface area (Å²) < 4.78 is 0. The van der Waals surface area contributed by atoms with Gasteiger partial charge in [0, 0.05) is 11.4 Å². The van der Waals surface area contributed by atoms with E-state index in [1.807, 2.05) is 0 Å². The van der Waals surface area contributed by atoms with Gasteiger partial charge in [-0.25, -0.2) is 0 Å². The average molecular weight is 291 g/mol. The fourth-order valence-electron chi connectivity index (χ4n) is 2.86.